The van der Waals surface area contributed by atoms with E-state index in [1.807, 2.05) is 70.2 Å². The first-order chi connectivity index (χ1) is 13.3. The van der Waals surface area contributed by atoms with Gasteiger partial charge >= 0.3 is 6.03 Å². The molecular formula is C22H30N2O4. The number of carbonyl (C=O) groups excluding carboxylic acids is 1. The third-order valence-electron chi connectivity index (χ3n) is 4.33. The monoisotopic (exact) mass is 386 g/mol. The molecule has 2 N–H and O–H groups in total. The highest BCUT2D eigenvalue weighted by Crippen LogP contribution is 2.29. The van der Waals surface area contributed by atoms with Crippen LogP contribution in [-0.4, -0.2) is 26.4 Å². The van der Waals surface area contributed by atoms with E-state index in [0.29, 0.717) is 11.5 Å². The summed E-state index contributed by atoms with van der Waals surface area (Å²) in [6.45, 7) is 7.80. The number of hydrogen-bond acceptors (Lipinski definition) is 4. The Labute approximate surface area is 167 Å². The minimum absolute atomic E-state index is 0.0977. The molecule has 0 aliphatic carbocycles. The molecule has 6 nitrogen and oxygen atoms in total. The summed E-state index contributed by atoms with van der Waals surface area (Å²) < 4.78 is 16.4. The van der Waals surface area contributed by atoms with Crippen molar-refractivity contribution >= 4 is 6.03 Å². The Morgan fingerprint density at radius 2 is 1.57 bits per heavy atom. The van der Waals surface area contributed by atoms with E-state index in [2.05, 4.69) is 10.6 Å². The van der Waals surface area contributed by atoms with E-state index in [4.69, 9.17) is 14.2 Å². The predicted molar refractivity (Wildman–Crippen MR) is 110 cm³/mol. The molecule has 0 saturated heterocycles. The quantitative estimate of drug-likeness (QED) is 0.695. The van der Waals surface area contributed by atoms with E-state index in [1.165, 1.54) is 0 Å². The molecule has 2 unspecified atom stereocenters. The van der Waals surface area contributed by atoms with Gasteiger partial charge in [-0.1, -0.05) is 12.1 Å². The second kappa shape index (κ2) is 9.88. The molecule has 2 rings (SSSR count). The molecule has 0 fully saturated rings. The van der Waals surface area contributed by atoms with Gasteiger partial charge in [0, 0.05) is 5.56 Å². The fourth-order valence-electron chi connectivity index (χ4n) is 2.90. The second-order valence-electron chi connectivity index (χ2n) is 6.91. The van der Waals surface area contributed by atoms with Crippen molar-refractivity contribution < 1.29 is 19.0 Å². The van der Waals surface area contributed by atoms with Gasteiger partial charge in [-0.15, -0.1) is 0 Å². The van der Waals surface area contributed by atoms with Crippen LogP contribution in [0.25, 0.3) is 0 Å². The molecule has 28 heavy (non-hydrogen) atoms. The minimum Gasteiger partial charge on any atom is -0.497 e. The average Bonchev–Trinajstić information content (AvgIpc) is 2.66. The molecule has 152 valence electrons. The predicted octanol–water partition coefficient (Wildman–Crippen LogP) is 4.61. The number of methoxy groups -OCH3 is 2. The maximum absolute atomic E-state index is 12.5. The van der Waals surface area contributed by atoms with E-state index in [-0.39, 0.29) is 24.2 Å². The Hall–Kier alpha value is -2.89. The Morgan fingerprint density at radius 1 is 0.857 bits per heavy atom. The molecule has 0 bridgehead atoms. The van der Waals surface area contributed by atoms with E-state index < -0.39 is 0 Å². The van der Waals surface area contributed by atoms with Gasteiger partial charge in [0.15, 0.2) is 0 Å². The molecule has 0 radical (unpaired) electrons. The Bertz CT molecular complexity index is 792. The molecule has 0 aromatic heterocycles. The molecule has 2 amide bonds. The largest absolute Gasteiger partial charge is 0.497 e. The topological polar surface area (TPSA) is 68.8 Å². The van der Waals surface area contributed by atoms with Crippen LogP contribution in [0.15, 0.2) is 42.5 Å². The number of benzene rings is 2. The van der Waals surface area contributed by atoms with E-state index >= 15 is 0 Å². The van der Waals surface area contributed by atoms with Gasteiger partial charge < -0.3 is 24.8 Å². The Kier molecular flexibility index (Phi) is 7.55. The van der Waals surface area contributed by atoms with E-state index in [9.17, 15) is 4.79 Å². The highest BCUT2D eigenvalue weighted by molar-refractivity contribution is 5.75. The van der Waals surface area contributed by atoms with Crippen LogP contribution in [0.2, 0.25) is 0 Å². The molecule has 0 aliphatic heterocycles. The summed E-state index contributed by atoms with van der Waals surface area (Å²) in [5, 5.41) is 5.92. The lowest BCUT2D eigenvalue weighted by Gasteiger charge is -2.21. The maximum atomic E-state index is 12.5. The van der Waals surface area contributed by atoms with Gasteiger partial charge in [-0.2, -0.15) is 0 Å². The van der Waals surface area contributed by atoms with Crippen molar-refractivity contribution in [2.24, 2.45) is 0 Å². The Balaban J connectivity index is 2.03. The lowest BCUT2D eigenvalue weighted by molar-refractivity contribution is 0.234. The highest BCUT2D eigenvalue weighted by atomic mass is 16.5. The molecule has 0 aliphatic rings. The van der Waals surface area contributed by atoms with Crippen LogP contribution in [-0.2, 0) is 0 Å². The number of amides is 2. The number of urea groups is 1. The van der Waals surface area contributed by atoms with Crippen LogP contribution in [0.3, 0.4) is 0 Å². The SMILES string of the molecule is COc1ccc(OC)c(C(C)NC(=O)NC(C)c2cccc(OC(C)C)c2)c1. The van der Waals surface area contributed by atoms with Crippen molar-refractivity contribution in [1.29, 1.82) is 0 Å². The summed E-state index contributed by atoms with van der Waals surface area (Å²) in [5.41, 5.74) is 1.82. The van der Waals surface area contributed by atoms with Gasteiger partial charge in [0.25, 0.3) is 0 Å². The molecule has 2 atom stereocenters. The van der Waals surface area contributed by atoms with Gasteiger partial charge in [0.1, 0.15) is 17.2 Å². The molecule has 2 aromatic rings. The van der Waals surface area contributed by atoms with Gasteiger partial charge in [-0.25, -0.2) is 4.79 Å². The van der Waals surface area contributed by atoms with Gasteiger partial charge in [0.2, 0.25) is 0 Å². The summed E-state index contributed by atoms with van der Waals surface area (Å²) >= 11 is 0. The number of nitrogens with one attached hydrogen (secondary N) is 2. The number of ether oxygens (including phenoxy) is 3. The summed E-state index contributed by atoms with van der Waals surface area (Å²) in [4.78, 5) is 12.5. The first kappa shape index (κ1) is 21.4. The van der Waals surface area contributed by atoms with Gasteiger partial charge in [-0.05, 0) is 63.6 Å². The summed E-state index contributed by atoms with van der Waals surface area (Å²) in [6, 6.07) is 12.6. The second-order valence-corrected chi connectivity index (χ2v) is 6.91. The van der Waals surface area contributed by atoms with Crippen molar-refractivity contribution in [3.63, 3.8) is 0 Å². The molecule has 0 saturated carbocycles. The lowest BCUT2D eigenvalue weighted by atomic mass is 10.1. The van der Waals surface area contributed by atoms with Crippen molar-refractivity contribution in [3.05, 3.63) is 53.6 Å². The molecule has 2 aromatic carbocycles. The smallest absolute Gasteiger partial charge is 0.315 e. The fraction of sp³-hybridized carbons (Fsp3) is 0.409. The van der Waals surface area contributed by atoms with Crippen molar-refractivity contribution in [2.45, 2.75) is 45.9 Å². The lowest BCUT2D eigenvalue weighted by Crippen LogP contribution is -2.38. The van der Waals surface area contributed by atoms with Crippen LogP contribution in [0.4, 0.5) is 4.79 Å². The van der Waals surface area contributed by atoms with Crippen LogP contribution < -0.4 is 24.8 Å². The maximum Gasteiger partial charge on any atom is 0.315 e. The van der Waals surface area contributed by atoms with Crippen LogP contribution in [0.1, 0.15) is 50.9 Å². The summed E-state index contributed by atoms with van der Waals surface area (Å²) in [6.07, 6.45) is 0.0977. The van der Waals surface area contributed by atoms with Crippen molar-refractivity contribution in [1.82, 2.24) is 10.6 Å². The number of rotatable bonds is 8. The zero-order chi connectivity index (χ0) is 20.7. The van der Waals surface area contributed by atoms with Crippen LogP contribution in [0, 0.1) is 0 Å². The first-order valence-electron chi connectivity index (χ1n) is 9.39. The zero-order valence-corrected chi connectivity index (χ0v) is 17.4. The summed E-state index contributed by atoms with van der Waals surface area (Å²) in [5.74, 6) is 2.19. The third kappa shape index (κ3) is 5.81. The third-order valence-corrected chi connectivity index (χ3v) is 4.33. The highest BCUT2D eigenvalue weighted by Gasteiger charge is 2.17. The average molecular weight is 386 g/mol. The van der Waals surface area contributed by atoms with Gasteiger partial charge in [-0.3, -0.25) is 0 Å². The number of carbonyl (C=O) groups is 1. The normalized spacial score (nSPS) is 12.8. The fourth-order valence-corrected chi connectivity index (χ4v) is 2.90. The standard InChI is InChI=1S/C22H30N2O4/c1-14(2)28-19-9-7-8-17(12-19)15(3)23-22(25)24-16(4)20-13-18(26-5)10-11-21(20)27-6/h7-16H,1-6H3,(H2,23,24,25). The van der Waals surface area contributed by atoms with Gasteiger partial charge in [0.05, 0.1) is 32.4 Å². The first-order valence-corrected chi connectivity index (χ1v) is 9.39. The van der Waals surface area contributed by atoms with E-state index in [1.54, 1.807) is 14.2 Å². The Morgan fingerprint density at radius 3 is 2.21 bits per heavy atom. The molecular weight excluding hydrogens is 356 g/mol. The number of hydrogen-bond donors (Lipinski definition) is 2. The molecule has 0 spiro atoms. The molecule has 0 heterocycles. The minimum atomic E-state index is -0.264. The van der Waals surface area contributed by atoms with Crippen LogP contribution in [0.5, 0.6) is 17.2 Å². The van der Waals surface area contributed by atoms with Crippen LogP contribution >= 0.6 is 0 Å². The van der Waals surface area contributed by atoms with Crippen molar-refractivity contribution in [2.75, 3.05) is 14.2 Å². The van der Waals surface area contributed by atoms with E-state index in [0.717, 1.165) is 16.9 Å². The summed E-state index contributed by atoms with van der Waals surface area (Å²) in [7, 11) is 3.21. The van der Waals surface area contributed by atoms with Crippen molar-refractivity contribution in [3.8, 4) is 17.2 Å². The zero-order valence-electron chi connectivity index (χ0n) is 17.4. The molecule has 6 heteroatoms.